The fourth-order valence-electron chi connectivity index (χ4n) is 24.9. The predicted octanol–water partition coefficient (Wildman–Crippen LogP) is 14.0. The molecule has 17 atom stereocenters. The first-order valence-electron chi connectivity index (χ1n) is 35.4. The summed E-state index contributed by atoms with van der Waals surface area (Å²) in [5, 5.41) is 60.6. The van der Waals surface area contributed by atoms with E-state index in [0.717, 1.165) is 134 Å². The number of aliphatic hydroxyl groups excluding tert-OH is 3. The second-order valence-corrected chi connectivity index (χ2v) is 31.7. The third-order valence-corrected chi connectivity index (χ3v) is 28.3. The van der Waals surface area contributed by atoms with Gasteiger partial charge in [-0.2, -0.15) is 0 Å². The molecule has 0 radical (unpaired) electrons. The van der Waals surface area contributed by atoms with E-state index in [0.29, 0.717) is 42.9 Å². The van der Waals surface area contributed by atoms with Crippen LogP contribution in [0.5, 0.6) is 0 Å². The van der Waals surface area contributed by atoms with Gasteiger partial charge in [-0.05, 0) is 235 Å². The van der Waals surface area contributed by atoms with Gasteiger partial charge in [0.2, 0.25) is 0 Å². The van der Waals surface area contributed by atoms with Gasteiger partial charge >= 0.3 is 5.97 Å². The van der Waals surface area contributed by atoms with Gasteiger partial charge in [-0.1, -0.05) is 160 Å². The maximum Gasteiger partial charge on any atom is 0.306 e. The Hall–Kier alpha value is -5.67. The van der Waals surface area contributed by atoms with Gasteiger partial charge in [-0.3, -0.25) is 4.79 Å². The molecule has 17 aliphatic rings. The van der Waals surface area contributed by atoms with E-state index in [2.05, 4.69) is 146 Å². The van der Waals surface area contributed by atoms with Crippen LogP contribution in [0.1, 0.15) is 158 Å². The molecule has 6 N–H and O–H groups in total. The number of carbonyl (C=O) groups is 1. The molecule has 0 amide bonds. The maximum absolute atomic E-state index is 14.8. The molecule has 17 bridgehead atoms. The summed E-state index contributed by atoms with van der Waals surface area (Å²) in [5.41, 5.74) is 11.5. The molecule has 468 valence electrons. The summed E-state index contributed by atoms with van der Waals surface area (Å²) in [6.07, 6.45) is 41.2. The molecule has 3 aromatic carbocycles. The van der Waals surface area contributed by atoms with Crippen molar-refractivity contribution in [1.29, 1.82) is 0 Å². The lowest BCUT2D eigenvalue weighted by atomic mass is 9.26. The highest BCUT2D eigenvalue weighted by Gasteiger charge is 2.82. The number of ether oxygens (including phenoxy) is 1. The lowest BCUT2D eigenvalue weighted by Gasteiger charge is -2.78. The Kier molecular flexibility index (Phi) is 14.4. The number of methoxy groups -OCH3 is 1. The van der Waals surface area contributed by atoms with Gasteiger partial charge in [-0.15, -0.1) is 0 Å². The molecule has 6 aliphatic heterocycles. The molecule has 5 saturated carbocycles. The van der Waals surface area contributed by atoms with Crippen LogP contribution >= 0.6 is 0 Å². The lowest BCUT2D eigenvalue weighted by molar-refractivity contribution is -0.215. The fourth-order valence-corrected chi connectivity index (χ4v) is 24.9. The number of fused-ring (bicyclic) bond motifs is 2. The zero-order chi connectivity index (χ0) is 60.7. The fraction of sp³-hybridized carbons (Fsp3) is 0.568. The minimum Gasteiger partial charge on any atom is -0.516 e. The Balaban J connectivity index is 0.898. The van der Waals surface area contributed by atoms with Gasteiger partial charge in [0.1, 0.15) is 0 Å². The predicted molar refractivity (Wildman–Crippen MR) is 354 cm³/mol. The van der Waals surface area contributed by atoms with Crippen molar-refractivity contribution in [3.63, 3.8) is 0 Å². The molecule has 17 unspecified atom stereocenters. The molecule has 3 aromatic rings. The van der Waals surface area contributed by atoms with Gasteiger partial charge in [0, 0.05) is 53.7 Å². The summed E-state index contributed by atoms with van der Waals surface area (Å²) in [6.45, 7) is 7.29. The van der Waals surface area contributed by atoms with Crippen molar-refractivity contribution in [2.45, 2.75) is 167 Å². The largest absolute Gasteiger partial charge is 0.516 e. The summed E-state index contributed by atoms with van der Waals surface area (Å²) >= 11 is 0. The van der Waals surface area contributed by atoms with Crippen molar-refractivity contribution in [1.82, 2.24) is 10.6 Å². The molecule has 6 heterocycles. The standard InChI is InChI=1S/C81H98N2O6/c1-76-32-11-33-78-45-66-65-40-52-12-9-16-54(39-52)58-25-28-72(83-48-58)82-36-10-18-62(53-13-5-4-6-14-53)59(49-84)24-27-64(74(87)88)73-70(85)47-81-69(46-78)68(80(75(76)78,35-30-71(76)86)67(66)41-56-15-7-8-17-63(56)65)43-61(77(73,81)2)42-60-26-23-57-44-79(60,81)34-29-55(57)38-51-21-19-50(20-22-51)31-37-89-3/h7-9,11-12,15-17,19-23,25-26,28,33,39,41,45,49,53,55,57,60-62,64,67,70-71,73,75,82-86H,4-6,10,13-14,18,24,27,29-32,34-38,40,42-44,46-48H2,1-3H3,(H,87,88). The normalized spacial score (nSPS) is 41.3. The molecule has 8 heteroatoms. The number of hydrogen-bond acceptors (Lipinski definition) is 7. The van der Waals surface area contributed by atoms with Crippen LogP contribution in [0, 0.1) is 91.7 Å². The van der Waals surface area contributed by atoms with Crippen LogP contribution < -0.4 is 21.1 Å². The van der Waals surface area contributed by atoms with Crippen LogP contribution in [0.25, 0.3) is 17.2 Å². The van der Waals surface area contributed by atoms with Crippen molar-refractivity contribution >= 4 is 23.2 Å². The Bertz CT molecular complexity index is 3690. The Morgan fingerprint density at radius 3 is 2.51 bits per heavy atom. The number of aliphatic carboxylic acids is 1. The van der Waals surface area contributed by atoms with Gasteiger partial charge in [0.15, 0.2) is 0 Å². The second-order valence-electron chi connectivity index (χ2n) is 31.7. The number of allylic oxidation sites excluding steroid dienone is 11. The van der Waals surface area contributed by atoms with Crippen molar-refractivity contribution < 1.29 is 30.0 Å². The maximum atomic E-state index is 14.8. The molecular weight excluding hydrogens is 1100 g/mol. The summed E-state index contributed by atoms with van der Waals surface area (Å²) in [6, 6.07) is 27.9. The van der Waals surface area contributed by atoms with Crippen molar-refractivity contribution in [2.24, 2.45) is 91.7 Å². The highest BCUT2D eigenvalue weighted by atomic mass is 16.5. The number of carboxylic acids is 1. The Morgan fingerprint density at radius 2 is 1.70 bits per heavy atom. The highest BCUT2D eigenvalue weighted by molar-refractivity contribution is 5.78. The van der Waals surface area contributed by atoms with E-state index in [-0.39, 0.29) is 39.9 Å². The third-order valence-electron chi connectivity index (χ3n) is 28.3. The number of dihydropyridines is 1. The molecule has 3 spiro atoms. The minimum absolute atomic E-state index is 0.0808. The number of hydrogen-bond donors (Lipinski definition) is 6. The summed E-state index contributed by atoms with van der Waals surface area (Å²) < 4.78 is 5.45. The number of benzene rings is 3. The van der Waals surface area contributed by atoms with Gasteiger partial charge in [-0.25, -0.2) is 0 Å². The molecule has 11 aliphatic carbocycles. The highest BCUT2D eigenvalue weighted by Crippen LogP contribution is 2.88. The molecule has 89 heavy (non-hydrogen) atoms. The smallest absolute Gasteiger partial charge is 0.306 e. The average Bonchev–Trinajstić information content (AvgIpc) is 1.63. The van der Waals surface area contributed by atoms with Crippen molar-refractivity contribution in [3.8, 4) is 0 Å². The van der Waals surface area contributed by atoms with Crippen LogP contribution in [0.2, 0.25) is 0 Å². The molecule has 0 aromatic heterocycles. The van der Waals surface area contributed by atoms with Crippen LogP contribution in [0.3, 0.4) is 0 Å². The van der Waals surface area contributed by atoms with E-state index >= 15 is 0 Å². The van der Waals surface area contributed by atoms with Crippen LogP contribution in [-0.4, -0.2) is 65.4 Å². The van der Waals surface area contributed by atoms with E-state index in [1.807, 2.05) is 0 Å². The van der Waals surface area contributed by atoms with Gasteiger partial charge < -0.3 is 35.8 Å². The van der Waals surface area contributed by atoms with E-state index in [4.69, 9.17) is 4.74 Å². The number of rotatable bonds is 7. The minimum atomic E-state index is -0.803. The van der Waals surface area contributed by atoms with Crippen molar-refractivity contribution in [2.75, 3.05) is 26.8 Å². The monoisotopic (exact) mass is 1190 g/mol. The van der Waals surface area contributed by atoms with E-state index in [1.54, 1.807) is 18.3 Å². The second kappa shape index (κ2) is 22.0. The molecule has 20 rings (SSSR count). The zero-order valence-electron chi connectivity index (χ0n) is 53.3. The van der Waals surface area contributed by atoms with Crippen molar-refractivity contribution in [3.05, 3.63) is 182 Å². The average molecular weight is 1200 g/mol. The molecule has 5 fully saturated rings. The zero-order valence-corrected chi connectivity index (χ0v) is 53.3. The summed E-state index contributed by atoms with van der Waals surface area (Å²) in [4.78, 5) is 14.8. The van der Waals surface area contributed by atoms with Crippen LogP contribution in [0.15, 0.2) is 150 Å². The summed E-state index contributed by atoms with van der Waals surface area (Å²) in [5.74, 6) is 1.22. The Labute approximate surface area is 529 Å². The number of carboxylic acid groups (broad SMARTS) is 1. The third kappa shape index (κ3) is 8.61. The van der Waals surface area contributed by atoms with Crippen LogP contribution in [0.4, 0.5) is 0 Å². The first-order valence-corrected chi connectivity index (χ1v) is 35.4. The summed E-state index contributed by atoms with van der Waals surface area (Å²) in [7, 11) is 1.78. The first-order chi connectivity index (χ1) is 43.3. The SMILES string of the molecule is COCCc1ccc(CC2CCC34CC2C=CC3CC2CC3=C5CC67C=CCC8(C)C(O)CCC3(C3C=c9ccccc9=C(Cc9cccc(c9)C9=CC=C(NCCCC(C%10CCCCC%10)C(=CO)CCC(C(=O)O)C%10C(O)CC54C2%10C)NC9)C3=C6)C78)cc1. The quantitative estimate of drug-likeness (QED) is 0.102. The van der Waals surface area contributed by atoms with E-state index in [9.17, 15) is 25.2 Å². The number of aliphatic hydroxyl groups is 3. The topological polar surface area (TPSA) is 131 Å². The molecule has 0 saturated heterocycles. The number of nitrogens with one attached hydrogen (secondary N) is 2. The van der Waals surface area contributed by atoms with Gasteiger partial charge in [0.05, 0.1) is 36.8 Å². The van der Waals surface area contributed by atoms with E-state index in [1.165, 1.54) is 74.9 Å². The van der Waals surface area contributed by atoms with Gasteiger partial charge in [0.25, 0.3) is 0 Å². The van der Waals surface area contributed by atoms with E-state index < -0.39 is 46.3 Å². The Morgan fingerprint density at radius 1 is 0.854 bits per heavy atom. The molecular formula is C81H98N2O6. The first kappa shape index (κ1) is 58.4. The van der Waals surface area contributed by atoms with Crippen LogP contribution in [-0.2, 0) is 28.8 Å². The molecule has 8 nitrogen and oxygen atoms in total. The lowest BCUT2D eigenvalue weighted by Crippen LogP contribution is -2.72.